The van der Waals surface area contributed by atoms with Crippen LogP contribution in [0.3, 0.4) is 0 Å². The molecule has 0 saturated heterocycles. The van der Waals surface area contributed by atoms with Crippen LogP contribution in [-0.4, -0.2) is 13.5 Å². The fourth-order valence-electron chi connectivity index (χ4n) is 0.946. The van der Waals surface area contributed by atoms with E-state index in [0.717, 1.165) is 6.07 Å². The quantitative estimate of drug-likeness (QED) is 0.852. The third kappa shape index (κ3) is 2.93. The van der Waals surface area contributed by atoms with Crippen molar-refractivity contribution in [3.05, 3.63) is 28.0 Å². The number of phenols is 1. The van der Waals surface area contributed by atoms with Crippen molar-refractivity contribution in [1.29, 1.82) is 0 Å². The molecule has 0 spiro atoms. The molecular formula is C7H7BrFNO3S. The molecular weight excluding hydrogens is 277 g/mol. The van der Waals surface area contributed by atoms with Crippen molar-refractivity contribution in [3.8, 4) is 5.75 Å². The lowest BCUT2D eigenvalue weighted by atomic mass is 10.2. The van der Waals surface area contributed by atoms with E-state index in [0.29, 0.717) is 4.47 Å². The maximum absolute atomic E-state index is 12.9. The predicted molar refractivity (Wildman–Crippen MR) is 52.6 cm³/mol. The minimum absolute atomic E-state index is 0.0700. The molecule has 1 aromatic carbocycles. The molecule has 3 N–H and O–H groups in total. The summed E-state index contributed by atoms with van der Waals surface area (Å²) < 4.78 is 34.6. The second-order valence-electron chi connectivity index (χ2n) is 2.70. The molecule has 1 aromatic rings. The summed E-state index contributed by atoms with van der Waals surface area (Å²) in [5, 5.41) is 13.9. The van der Waals surface area contributed by atoms with Gasteiger partial charge in [-0.1, -0.05) is 15.9 Å². The Hall–Kier alpha value is -0.660. The number of halogens is 2. The van der Waals surface area contributed by atoms with Gasteiger partial charge in [-0.25, -0.2) is 17.9 Å². The second-order valence-corrected chi connectivity index (χ2v) is 5.23. The third-order valence-electron chi connectivity index (χ3n) is 1.46. The highest BCUT2D eigenvalue weighted by molar-refractivity contribution is 9.10. The molecule has 0 aliphatic carbocycles. The molecule has 78 valence electrons. The van der Waals surface area contributed by atoms with Crippen LogP contribution in [-0.2, 0) is 15.8 Å². The SMILES string of the molecule is NS(=O)(=O)Cc1cc(Br)cc(F)c1O. The van der Waals surface area contributed by atoms with Gasteiger partial charge in [-0.2, -0.15) is 0 Å². The Bertz CT molecular complexity index is 460. The van der Waals surface area contributed by atoms with Crippen LogP contribution in [0.15, 0.2) is 16.6 Å². The van der Waals surface area contributed by atoms with Crippen LogP contribution in [0.2, 0.25) is 0 Å². The maximum atomic E-state index is 12.9. The van der Waals surface area contributed by atoms with E-state index < -0.39 is 27.3 Å². The number of primary sulfonamides is 1. The fraction of sp³-hybridized carbons (Fsp3) is 0.143. The number of nitrogens with two attached hydrogens (primary N) is 1. The molecule has 0 fully saturated rings. The fourth-order valence-corrected chi connectivity index (χ4v) is 2.08. The van der Waals surface area contributed by atoms with Crippen LogP contribution < -0.4 is 5.14 Å². The van der Waals surface area contributed by atoms with Gasteiger partial charge < -0.3 is 5.11 Å². The summed E-state index contributed by atoms with van der Waals surface area (Å²) in [5.74, 6) is -2.19. The Morgan fingerprint density at radius 2 is 2.07 bits per heavy atom. The summed E-state index contributed by atoms with van der Waals surface area (Å²) in [7, 11) is -3.78. The molecule has 0 aliphatic rings. The number of phenolic OH excluding ortho intramolecular Hbond substituents is 1. The Kier molecular flexibility index (Phi) is 3.13. The van der Waals surface area contributed by atoms with E-state index in [9.17, 15) is 12.8 Å². The lowest BCUT2D eigenvalue weighted by Gasteiger charge is -2.04. The number of sulfonamides is 1. The summed E-state index contributed by atoms with van der Waals surface area (Å²) in [6.07, 6.45) is 0. The van der Waals surface area contributed by atoms with E-state index in [-0.39, 0.29) is 5.56 Å². The number of aromatic hydroxyl groups is 1. The first-order valence-corrected chi connectivity index (χ1v) is 5.98. The smallest absolute Gasteiger partial charge is 0.213 e. The lowest BCUT2D eigenvalue weighted by molar-refractivity contribution is 0.427. The molecule has 0 unspecified atom stereocenters. The van der Waals surface area contributed by atoms with Crippen molar-refractivity contribution in [2.45, 2.75) is 5.75 Å². The van der Waals surface area contributed by atoms with Gasteiger partial charge in [0, 0.05) is 10.0 Å². The van der Waals surface area contributed by atoms with Crippen LogP contribution in [0.4, 0.5) is 4.39 Å². The van der Waals surface area contributed by atoms with Gasteiger partial charge in [0.2, 0.25) is 10.0 Å². The lowest BCUT2D eigenvalue weighted by Crippen LogP contribution is -2.14. The highest BCUT2D eigenvalue weighted by Gasteiger charge is 2.13. The molecule has 14 heavy (non-hydrogen) atoms. The third-order valence-corrected chi connectivity index (χ3v) is 2.64. The molecule has 0 radical (unpaired) electrons. The molecule has 1 rings (SSSR count). The van der Waals surface area contributed by atoms with E-state index in [1.807, 2.05) is 0 Å². The zero-order valence-corrected chi connectivity index (χ0v) is 9.27. The van der Waals surface area contributed by atoms with Crippen molar-refractivity contribution in [1.82, 2.24) is 0 Å². The zero-order chi connectivity index (χ0) is 10.9. The van der Waals surface area contributed by atoms with Crippen molar-refractivity contribution < 1.29 is 17.9 Å². The number of rotatable bonds is 2. The predicted octanol–water partition coefficient (Wildman–Crippen LogP) is 1.08. The Morgan fingerprint density at radius 1 is 1.50 bits per heavy atom. The van der Waals surface area contributed by atoms with Gasteiger partial charge in [0.25, 0.3) is 0 Å². The summed E-state index contributed by atoms with van der Waals surface area (Å²) in [4.78, 5) is 0. The van der Waals surface area contributed by atoms with Crippen molar-refractivity contribution >= 4 is 26.0 Å². The van der Waals surface area contributed by atoms with E-state index >= 15 is 0 Å². The van der Waals surface area contributed by atoms with Crippen molar-refractivity contribution in [3.63, 3.8) is 0 Å². The summed E-state index contributed by atoms with van der Waals surface area (Å²) in [6.45, 7) is 0. The number of hydrogen-bond donors (Lipinski definition) is 2. The Morgan fingerprint density at radius 3 is 2.57 bits per heavy atom. The summed E-state index contributed by atoms with van der Waals surface area (Å²) in [5.41, 5.74) is -0.0700. The normalized spacial score (nSPS) is 11.6. The number of hydrogen-bond acceptors (Lipinski definition) is 3. The highest BCUT2D eigenvalue weighted by Crippen LogP contribution is 2.26. The van der Waals surface area contributed by atoms with Crippen LogP contribution in [0.25, 0.3) is 0 Å². The van der Waals surface area contributed by atoms with Gasteiger partial charge in [0.05, 0.1) is 5.75 Å². The monoisotopic (exact) mass is 283 g/mol. The van der Waals surface area contributed by atoms with Crippen LogP contribution >= 0.6 is 15.9 Å². The first-order valence-electron chi connectivity index (χ1n) is 3.47. The van der Waals surface area contributed by atoms with E-state index in [2.05, 4.69) is 15.9 Å². The minimum atomic E-state index is -3.78. The van der Waals surface area contributed by atoms with Gasteiger partial charge >= 0.3 is 0 Å². The van der Waals surface area contributed by atoms with Crippen LogP contribution in [0.5, 0.6) is 5.75 Å². The summed E-state index contributed by atoms with van der Waals surface area (Å²) in [6, 6.07) is 2.32. The molecule has 0 bridgehead atoms. The highest BCUT2D eigenvalue weighted by atomic mass is 79.9. The van der Waals surface area contributed by atoms with Gasteiger partial charge in [-0.3, -0.25) is 0 Å². The molecule has 0 aliphatic heterocycles. The average molecular weight is 284 g/mol. The zero-order valence-electron chi connectivity index (χ0n) is 6.87. The standard InChI is InChI=1S/C7H7BrFNO3S/c8-5-1-4(3-14(10,12)13)7(11)6(9)2-5/h1-2,11H,3H2,(H2,10,12,13). The van der Waals surface area contributed by atoms with Gasteiger partial charge in [0.1, 0.15) is 0 Å². The second kappa shape index (κ2) is 3.84. The molecule has 0 saturated carbocycles. The van der Waals surface area contributed by atoms with E-state index in [1.54, 1.807) is 0 Å². The summed E-state index contributed by atoms with van der Waals surface area (Å²) >= 11 is 2.97. The van der Waals surface area contributed by atoms with E-state index in [4.69, 9.17) is 10.2 Å². The molecule has 0 heterocycles. The van der Waals surface area contributed by atoms with Gasteiger partial charge in [0.15, 0.2) is 11.6 Å². The van der Waals surface area contributed by atoms with Gasteiger partial charge in [-0.05, 0) is 12.1 Å². The Labute approximate surface area is 88.7 Å². The van der Waals surface area contributed by atoms with Crippen molar-refractivity contribution in [2.24, 2.45) is 5.14 Å². The molecule has 4 nitrogen and oxygen atoms in total. The maximum Gasteiger partial charge on any atom is 0.213 e. The largest absolute Gasteiger partial charge is 0.505 e. The van der Waals surface area contributed by atoms with Crippen molar-refractivity contribution in [2.75, 3.05) is 0 Å². The van der Waals surface area contributed by atoms with Crippen LogP contribution in [0, 0.1) is 5.82 Å². The number of benzene rings is 1. The average Bonchev–Trinajstić information content (AvgIpc) is 1.96. The first-order chi connectivity index (χ1) is 6.29. The topological polar surface area (TPSA) is 80.4 Å². The molecule has 0 aromatic heterocycles. The van der Waals surface area contributed by atoms with E-state index in [1.165, 1.54) is 6.07 Å². The minimum Gasteiger partial charge on any atom is -0.505 e. The molecule has 7 heteroatoms. The first kappa shape index (κ1) is 11.4. The molecule has 0 amide bonds. The van der Waals surface area contributed by atoms with Gasteiger partial charge in [-0.15, -0.1) is 0 Å². The van der Waals surface area contributed by atoms with Crippen LogP contribution in [0.1, 0.15) is 5.56 Å². The molecule has 0 atom stereocenters. The Balaban J connectivity index is 3.22.